The summed E-state index contributed by atoms with van der Waals surface area (Å²) in [5.41, 5.74) is 1.70. The van der Waals surface area contributed by atoms with Crippen LogP contribution in [0.1, 0.15) is 15.9 Å². The second-order valence-electron chi connectivity index (χ2n) is 7.86. The fraction of sp³-hybridized carbons (Fsp3) is 0.167. The molecule has 12 heteroatoms. The number of carbonyl (C=O) groups excluding carboxylic acids is 2. The number of para-hydroxylation sites is 1. The van der Waals surface area contributed by atoms with Gasteiger partial charge in [-0.15, -0.1) is 0 Å². The van der Waals surface area contributed by atoms with E-state index in [0.29, 0.717) is 11.3 Å². The molecule has 4 rings (SSSR count). The summed E-state index contributed by atoms with van der Waals surface area (Å²) in [7, 11) is -2.88. The Hall–Kier alpha value is -3.51. The van der Waals surface area contributed by atoms with Crippen molar-refractivity contribution >= 4 is 39.1 Å². The zero-order chi connectivity index (χ0) is 26.0. The topological polar surface area (TPSA) is 116 Å². The molecule has 3 aromatic carbocycles. The maximum atomic E-state index is 14.6. The quantitative estimate of drug-likeness (QED) is 0.384. The van der Waals surface area contributed by atoms with Gasteiger partial charge in [0.25, 0.3) is 11.8 Å². The first kappa shape index (κ1) is 25.6. The average Bonchev–Trinajstić information content (AvgIpc) is 3.06. The predicted octanol–water partition coefficient (Wildman–Crippen LogP) is 3.21. The number of methoxy groups -OCH3 is 1. The number of benzene rings is 3. The minimum atomic E-state index is -4.32. The van der Waals surface area contributed by atoms with Crippen molar-refractivity contribution in [3.8, 4) is 5.75 Å². The zero-order valence-corrected chi connectivity index (χ0v) is 20.5. The summed E-state index contributed by atoms with van der Waals surface area (Å²) < 4.78 is 47.9. The molecule has 1 aliphatic rings. The number of nitrogens with zero attached hydrogens (tertiary/aromatic N) is 2. The van der Waals surface area contributed by atoms with Gasteiger partial charge in [0.05, 0.1) is 29.1 Å². The Morgan fingerprint density at radius 3 is 2.42 bits per heavy atom. The minimum absolute atomic E-state index is 0.131. The summed E-state index contributed by atoms with van der Waals surface area (Å²) in [4.78, 5) is 27.3. The molecule has 1 unspecified atom stereocenters. The van der Waals surface area contributed by atoms with Crippen LogP contribution < -0.4 is 15.1 Å². The van der Waals surface area contributed by atoms with Gasteiger partial charge < -0.3 is 9.64 Å². The largest absolute Gasteiger partial charge is 0.497 e. The zero-order valence-electron chi connectivity index (χ0n) is 18.9. The van der Waals surface area contributed by atoms with E-state index in [2.05, 4.69) is 0 Å². The maximum Gasteiger partial charge on any atom is 0.263 e. The number of nitrogens with one attached hydrogen (secondary N) is 1. The van der Waals surface area contributed by atoms with Crippen molar-refractivity contribution in [3.63, 3.8) is 0 Å². The van der Waals surface area contributed by atoms with Crippen LogP contribution in [0, 0.1) is 5.82 Å². The summed E-state index contributed by atoms with van der Waals surface area (Å²) >= 11 is 6.12. The van der Waals surface area contributed by atoms with Crippen molar-refractivity contribution in [3.05, 3.63) is 88.7 Å². The van der Waals surface area contributed by atoms with Gasteiger partial charge in [-0.1, -0.05) is 35.9 Å². The van der Waals surface area contributed by atoms with Crippen molar-refractivity contribution in [1.82, 2.24) is 9.79 Å². The number of hydrogen-bond donors (Lipinski definition) is 2. The van der Waals surface area contributed by atoms with Gasteiger partial charge in [-0.05, 0) is 48.0 Å². The van der Waals surface area contributed by atoms with Gasteiger partial charge in [-0.25, -0.2) is 18.3 Å². The minimum Gasteiger partial charge on any atom is -0.497 e. The van der Waals surface area contributed by atoms with Crippen LogP contribution in [-0.4, -0.2) is 49.4 Å². The highest BCUT2D eigenvalue weighted by molar-refractivity contribution is 7.89. The lowest BCUT2D eigenvalue weighted by Crippen LogP contribution is -2.53. The number of carbonyl (C=O) groups is 2. The summed E-state index contributed by atoms with van der Waals surface area (Å²) in [5, 5.41) is 9.28. The molecular weight excluding hydrogens is 513 g/mol. The van der Waals surface area contributed by atoms with E-state index in [9.17, 15) is 27.6 Å². The summed E-state index contributed by atoms with van der Waals surface area (Å²) in [6.07, 6.45) is 0. The SMILES string of the molecule is COc1ccc(S(=O)(=O)N2Cc3ccccc3N(C(=O)c3c(F)cccc3Cl)CC2C(=O)NO)cc1. The smallest absolute Gasteiger partial charge is 0.263 e. The Balaban J connectivity index is 1.86. The van der Waals surface area contributed by atoms with E-state index in [0.717, 1.165) is 15.3 Å². The molecule has 0 spiro atoms. The van der Waals surface area contributed by atoms with Gasteiger partial charge in [0, 0.05) is 12.2 Å². The molecule has 2 amide bonds. The van der Waals surface area contributed by atoms with Gasteiger partial charge >= 0.3 is 0 Å². The first-order valence-electron chi connectivity index (χ1n) is 10.6. The number of rotatable bonds is 5. The Labute approximate surface area is 211 Å². The van der Waals surface area contributed by atoms with Gasteiger partial charge in [0.2, 0.25) is 10.0 Å². The van der Waals surface area contributed by atoms with E-state index >= 15 is 0 Å². The highest BCUT2D eigenvalue weighted by Gasteiger charge is 2.42. The third kappa shape index (κ3) is 4.65. The van der Waals surface area contributed by atoms with E-state index in [1.807, 2.05) is 0 Å². The number of hydroxylamine groups is 1. The molecule has 1 atom stereocenters. The van der Waals surface area contributed by atoms with Gasteiger partial charge in [-0.3, -0.25) is 14.8 Å². The van der Waals surface area contributed by atoms with Crippen molar-refractivity contribution in [2.75, 3.05) is 18.6 Å². The average molecular weight is 534 g/mol. The number of ether oxygens (including phenoxy) is 1. The number of halogens is 2. The molecule has 0 saturated carbocycles. The van der Waals surface area contributed by atoms with Crippen molar-refractivity contribution < 1.29 is 32.3 Å². The van der Waals surface area contributed by atoms with Gasteiger partial charge in [0.15, 0.2) is 0 Å². The maximum absolute atomic E-state index is 14.6. The molecule has 1 aliphatic heterocycles. The monoisotopic (exact) mass is 533 g/mol. The van der Waals surface area contributed by atoms with Crippen LogP contribution in [0.5, 0.6) is 5.75 Å². The standard InChI is InChI=1S/C24H21ClFN3O6S/c1-35-16-9-11-17(12-10-16)36(33,34)29-13-15-5-2-3-8-20(15)28(14-21(29)23(30)27-32)24(31)22-18(25)6-4-7-19(22)26/h2-12,21,32H,13-14H2,1H3,(H,27,30). The molecule has 0 fully saturated rings. The van der Waals surface area contributed by atoms with Crippen molar-refractivity contribution in [2.45, 2.75) is 17.5 Å². The lowest BCUT2D eigenvalue weighted by molar-refractivity contribution is -0.133. The number of sulfonamides is 1. The molecule has 36 heavy (non-hydrogen) atoms. The lowest BCUT2D eigenvalue weighted by atomic mass is 10.1. The number of anilines is 1. The molecule has 188 valence electrons. The van der Waals surface area contributed by atoms with Crippen molar-refractivity contribution in [2.24, 2.45) is 0 Å². The molecule has 1 heterocycles. The second-order valence-corrected chi connectivity index (χ2v) is 10.2. The lowest BCUT2D eigenvalue weighted by Gasteiger charge is -2.29. The molecule has 3 aromatic rings. The first-order valence-corrected chi connectivity index (χ1v) is 12.4. The summed E-state index contributed by atoms with van der Waals surface area (Å²) in [6, 6.07) is 14.2. The molecule has 0 bridgehead atoms. The Morgan fingerprint density at radius 1 is 1.08 bits per heavy atom. The molecule has 0 saturated heterocycles. The first-order chi connectivity index (χ1) is 17.2. The summed E-state index contributed by atoms with van der Waals surface area (Å²) in [6.45, 7) is -0.834. The normalized spacial score (nSPS) is 16.1. The highest BCUT2D eigenvalue weighted by Crippen LogP contribution is 2.33. The van der Waals surface area contributed by atoms with Crippen LogP contribution in [0.2, 0.25) is 5.02 Å². The molecule has 0 aliphatic carbocycles. The molecule has 9 nitrogen and oxygen atoms in total. The fourth-order valence-corrected chi connectivity index (χ4v) is 5.80. The predicted molar refractivity (Wildman–Crippen MR) is 129 cm³/mol. The van der Waals surface area contributed by atoms with Crippen LogP contribution in [0.25, 0.3) is 0 Å². The third-order valence-corrected chi connectivity index (χ3v) is 8.00. The van der Waals surface area contributed by atoms with Gasteiger partial charge in [0.1, 0.15) is 17.6 Å². The molecule has 0 radical (unpaired) electrons. The van der Waals surface area contributed by atoms with E-state index in [1.165, 1.54) is 49.0 Å². The molecular formula is C24H21ClFN3O6S. The third-order valence-electron chi connectivity index (χ3n) is 5.81. The second kappa shape index (κ2) is 10.2. The number of hydrogen-bond acceptors (Lipinski definition) is 6. The van der Waals surface area contributed by atoms with Crippen LogP contribution in [-0.2, 0) is 21.4 Å². The van der Waals surface area contributed by atoms with Crippen LogP contribution in [0.4, 0.5) is 10.1 Å². The molecule has 2 N–H and O–H groups in total. The van der Waals surface area contributed by atoms with Crippen LogP contribution in [0.15, 0.2) is 71.6 Å². The van der Waals surface area contributed by atoms with Crippen LogP contribution in [0.3, 0.4) is 0 Å². The Bertz CT molecular complexity index is 1400. The van der Waals surface area contributed by atoms with E-state index in [4.69, 9.17) is 16.3 Å². The number of amides is 2. The fourth-order valence-electron chi connectivity index (χ4n) is 4.00. The van der Waals surface area contributed by atoms with Gasteiger partial charge in [-0.2, -0.15) is 4.31 Å². The van der Waals surface area contributed by atoms with E-state index < -0.39 is 45.8 Å². The van der Waals surface area contributed by atoms with E-state index in [1.54, 1.807) is 24.3 Å². The summed E-state index contributed by atoms with van der Waals surface area (Å²) in [5.74, 6) is -2.39. The highest BCUT2D eigenvalue weighted by atomic mass is 35.5. The Kier molecular flexibility index (Phi) is 7.27. The van der Waals surface area contributed by atoms with E-state index in [-0.39, 0.29) is 22.2 Å². The number of fused-ring (bicyclic) bond motifs is 1. The molecule has 0 aromatic heterocycles. The van der Waals surface area contributed by atoms with Crippen LogP contribution >= 0.6 is 11.6 Å². The Morgan fingerprint density at radius 2 is 1.78 bits per heavy atom. The van der Waals surface area contributed by atoms with Crippen molar-refractivity contribution in [1.29, 1.82) is 0 Å².